The lowest BCUT2D eigenvalue weighted by Crippen LogP contribution is -2.25. The van der Waals surface area contributed by atoms with Crippen LogP contribution >= 0.6 is 0 Å². The minimum absolute atomic E-state index is 0.133. The van der Waals surface area contributed by atoms with Gasteiger partial charge in [0.25, 0.3) is 0 Å². The number of nitrogens with zero attached hydrogens (tertiary/aromatic N) is 1. The van der Waals surface area contributed by atoms with Gasteiger partial charge in [0.15, 0.2) is 0 Å². The molecular formula is C66H45N. The number of fused-ring (bicyclic) bond motifs is 11. The molecule has 0 heterocycles. The van der Waals surface area contributed by atoms with Crippen molar-refractivity contribution in [3.63, 3.8) is 0 Å². The van der Waals surface area contributed by atoms with Gasteiger partial charge in [0.05, 0.1) is 5.41 Å². The van der Waals surface area contributed by atoms with Crippen molar-refractivity contribution in [1.29, 1.82) is 0 Å². The fourth-order valence-corrected chi connectivity index (χ4v) is 12.3. The summed E-state index contributed by atoms with van der Waals surface area (Å²) in [6.07, 6.45) is 4.55. The van der Waals surface area contributed by atoms with Crippen LogP contribution in [0.1, 0.15) is 58.4 Å². The summed E-state index contributed by atoms with van der Waals surface area (Å²) in [5, 5.41) is 7.95. The molecule has 0 N–H and O–H groups in total. The highest BCUT2D eigenvalue weighted by molar-refractivity contribution is 6.16. The zero-order valence-electron chi connectivity index (χ0n) is 37.5. The Balaban J connectivity index is 0.811. The smallest absolute Gasteiger partial charge is 0.0725 e. The van der Waals surface area contributed by atoms with Crippen molar-refractivity contribution in [2.24, 2.45) is 0 Å². The third-order valence-corrected chi connectivity index (χ3v) is 15.4. The molecular weight excluding hydrogens is 807 g/mol. The van der Waals surface area contributed by atoms with E-state index in [9.17, 15) is 0 Å². The van der Waals surface area contributed by atoms with Crippen molar-refractivity contribution < 1.29 is 0 Å². The van der Waals surface area contributed by atoms with Gasteiger partial charge in [0.2, 0.25) is 0 Å². The molecule has 11 aromatic rings. The zero-order valence-corrected chi connectivity index (χ0v) is 37.5. The summed E-state index contributed by atoms with van der Waals surface area (Å²) in [5.74, 6) is 0. The molecule has 14 rings (SSSR count). The number of hydrogen-bond acceptors (Lipinski definition) is 1. The first-order valence-electron chi connectivity index (χ1n) is 23.6. The molecule has 0 unspecified atom stereocenters. The van der Waals surface area contributed by atoms with Crippen LogP contribution in [0, 0.1) is 0 Å². The quantitative estimate of drug-likeness (QED) is 0.119. The average molecular weight is 852 g/mol. The van der Waals surface area contributed by atoms with Gasteiger partial charge in [-0.05, 0) is 171 Å². The molecule has 11 aromatic carbocycles. The summed E-state index contributed by atoms with van der Waals surface area (Å²) in [5.41, 5.74) is 21.3. The monoisotopic (exact) mass is 851 g/mol. The largest absolute Gasteiger partial charge is 0.310 e. The maximum Gasteiger partial charge on any atom is 0.0725 e. The molecule has 0 aromatic heterocycles. The number of rotatable bonds is 6. The highest BCUT2D eigenvalue weighted by Gasteiger charge is 2.51. The molecule has 0 radical (unpaired) electrons. The van der Waals surface area contributed by atoms with Crippen LogP contribution in [-0.2, 0) is 10.8 Å². The van der Waals surface area contributed by atoms with E-state index in [0.717, 1.165) is 22.6 Å². The SMILES string of the molecule is CC1(C)c2cc(/C=C/c3ccc(N(c4ccccc4)c4ccc5c(c4)-c4ccccc4C54c5ccccc5-c5ccccc54)cc3)cc3ccc4cc(-c5ccc6ccccc6c5)cc1c4c23. The Bertz CT molecular complexity index is 3840. The molecule has 67 heavy (non-hydrogen) atoms. The Morgan fingerprint density at radius 3 is 1.52 bits per heavy atom. The molecule has 0 saturated carbocycles. The standard InChI is InChI=1S/C66H45N/c1-65(2)61-37-43(36-47-30-31-48-39-49(40-62(65)64(48)63(47)61)46-29-28-44-14-6-7-15-45(44)38-46)25-24-42-26-32-51(33-27-42)67(50-16-4-3-5-17-50)52-34-35-60-56(41-52)55-20-10-13-23-59(55)66(60)57-21-11-8-18-53(57)54-19-9-12-22-58(54)66/h3-41H,1-2H3/b25-24+. The molecule has 1 nitrogen and oxygen atoms in total. The molecule has 1 spiro atoms. The average Bonchev–Trinajstić information content (AvgIpc) is 3.94. The van der Waals surface area contributed by atoms with E-state index in [2.05, 4.69) is 255 Å². The molecule has 1 heteroatoms. The minimum atomic E-state index is -0.360. The predicted molar refractivity (Wildman–Crippen MR) is 283 cm³/mol. The second-order valence-corrected chi connectivity index (χ2v) is 19.3. The first-order chi connectivity index (χ1) is 32.9. The van der Waals surface area contributed by atoms with E-state index in [4.69, 9.17) is 0 Å². The number of benzene rings is 11. The van der Waals surface area contributed by atoms with Crippen molar-refractivity contribution in [3.05, 3.63) is 269 Å². The molecule has 3 aliphatic rings. The molecule has 3 aliphatic carbocycles. The Morgan fingerprint density at radius 1 is 0.313 bits per heavy atom. The Hall–Kier alpha value is -8.26. The Labute approximate surface area is 391 Å². The normalized spacial score (nSPS) is 14.3. The highest BCUT2D eigenvalue weighted by Crippen LogP contribution is 2.63. The predicted octanol–water partition coefficient (Wildman–Crippen LogP) is 17.4. The summed E-state index contributed by atoms with van der Waals surface area (Å²) in [6, 6.07) is 83.8. The maximum atomic E-state index is 2.45. The highest BCUT2D eigenvalue weighted by atomic mass is 15.1. The second kappa shape index (κ2) is 14.1. The topological polar surface area (TPSA) is 3.24 Å². The van der Waals surface area contributed by atoms with E-state index in [1.54, 1.807) is 0 Å². The molecule has 0 atom stereocenters. The van der Waals surface area contributed by atoms with Crippen molar-refractivity contribution >= 4 is 61.5 Å². The van der Waals surface area contributed by atoms with E-state index in [0.29, 0.717) is 0 Å². The third kappa shape index (κ3) is 5.43. The van der Waals surface area contributed by atoms with Crippen LogP contribution in [0.15, 0.2) is 224 Å². The zero-order chi connectivity index (χ0) is 44.4. The number of hydrogen-bond donors (Lipinski definition) is 0. The van der Waals surface area contributed by atoms with Gasteiger partial charge in [-0.2, -0.15) is 0 Å². The number of para-hydroxylation sites is 1. The minimum Gasteiger partial charge on any atom is -0.310 e. The van der Waals surface area contributed by atoms with Crippen molar-refractivity contribution in [3.8, 4) is 33.4 Å². The second-order valence-electron chi connectivity index (χ2n) is 19.3. The van der Waals surface area contributed by atoms with Crippen LogP contribution in [0.3, 0.4) is 0 Å². The van der Waals surface area contributed by atoms with Gasteiger partial charge in [0.1, 0.15) is 0 Å². The van der Waals surface area contributed by atoms with Crippen LogP contribution in [0.4, 0.5) is 17.1 Å². The van der Waals surface area contributed by atoms with Gasteiger partial charge in [-0.25, -0.2) is 0 Å². The van der Waals surface area contributed by atoms with Gasteiger partial charge < -0.3 is 4.90 Å². The van der Waals surface area contributed by atoms with Crippen LogP contribution in [0.25, 0.3) is 77.9 Å². The van der Waals surface area contributed by atoms with Gasteiger partial charge in [-0.15, -0.1) is 0 Å². The van der Waals surface area contributed by atoms with E-state index < -0.39 is 0 Å². The lowest BCUT2D eigenvalue weighted by atomic mass is 9.70. The molecule has 0 fully saturated rings. The summed E-state index contributed by atoms with van der Waals surface area (Å²) in [6.45, 7) is 4.80. The molecule has 314 valence electrons. The van der Waals surface area contributed by atoms with Crippen molar-refractivity contribution in [1.82, 2.24) is 0 Å². The van der Waals surface area contributed by atoms with Crippen molar-refractivity contribution in [2.45, 2.75) is 24.7 Å². The van der Waals surface area contributed by atoms with Crippen LogP contribution in [-0.4, -0.2) is 0 Å². The molecule has 0 saturated heterocycles. The van der Waals surface area contributed by atoms with Crippen molar-refractivity contribution in [2.75, 3.05) is 4.90 Å². The van der Waals surface area contributed by atoms with E-state index in [1.807, 2.05) is 0 Å². The van der Waals surface area contributed by atoms with Crippen LogP contribution < -0.4 is 4.90 Å². The first-order valence-corrected chi connectivity index (χ1v) is 23.6. The fraction of sp³-hybridized carbons (Fsp3) is 0.0606. The molecule has 0 amide bonds. The fourth-order valence-electron chi connectivity index (χ4n) is 12.3. The van der Waals surface area contributed by atoms with Gasteiger partial charge in [-0.1, -0.05) is 190 Å². The van der Waals surface area contributed by atoms with Crippen LogP contribution in [0.2, 0.25) is 0 Å². The van der Waals surface area contributed by atoms with Gasteiger partial charge in [-0.3, -0.25) is 0 Å². The number of anilines is 3. The molecule has 0 aliphatic heterocycles. The lowest BCUT2D eigenvalue weighted by Gasteiger charge is -2.31. The summed E-state index contributed by atoms with van der Waals surface area (Å²) < 4.78 is 0. The van der Waals surface area contributed by atoms with Gasteiger partial charge >= 0.3 is 0 Å². The Morgan fingerprint density at radius 2 is 0.821 bits per heavy atom. The Kier molecular flexibility index (Phi) is 8.02. The summed E-state index contributed by atoms with van der Waals surface area (Å²) in [4.78, 5) is 2.40. The lowest BCUT2D eigenvalue weighted by molar-refractivity contribution is 0.663. The summed E-state index contributed by atoms with van der Waals surface area (Å²) >= 11 is 0. The van der Waals surface area contributed by atoms with E-state index in [1.165, 1.54) is 105 Å². The van der Waals surface area contributed by atoms with Crippen LogP contribution in [0.5, 0.6) is 0 Å². The maximum absolute atomic E-state index is 2.45. The third-order valence-electron chi connectivity index (χ3n) is 15.4. The molecule has 0 bridgehead atoms. The van der Waals surface area contributed by atoms with E-state index in [-0.39, 0.29) is 10.8 Å². The first kappa shape index (κ1) is 38.1. The van der Waals surface area contributed by atoms with Gasteiger partial charge in [0, 0.05) is 22.5 Å². The summed E-state index contributed by atoms with van der Waals surface area (Å²) in [7, 11) is 0. The van der Waals surface area contributed by atoms with E-state index >= 15 is 0 Å².